The lowest BCUT2D eigenvalue weighted by molar-refractivity contribution is 0.174. The monoisotopic (exact) mass is 181 g/mol. The number of hydrogen-bond donors (Lipinski definition) is 2. The van der Waals surface area contributed by atoms with Gasteiger partial charge in [0.25, 0.3) is 0 Å². The van der Waals surface area contributed by atoms with Gasteiger partial charge in [-0.15, -0.1) is 0 Å². The van der Waals surface area contributed by atoms with E-state index in [-0.39, 0.29) is 6.10 Å². The Kier molecular flexibility index (Phi) is 2.33. The molecule has 1 aliphatic rings. The van der Waals surface area contributed by atoms with E-state index in [1.165, 1.54) is 5.56 Å². The van der Waals surface area contributed by atoms with Crippen molar-refractivity contribution >= 4 is 0 Å². The van der Waals surface area contributed by atoms with Crippen LogP contribution in [0.2, 0.25) is 0 Å². The van der Waals surface area contributed by atoms with Gasteiger partial charge in [0.05, 0.1) is 12.3 Å². The van der Waals surface area contributed by atoms with Gasteiger partial charge in [-0.25, -0.2) is 0 Å². The Morgan fingerprint density at radius 1 is 1.77 bits per heavy atom. The molecule has 0 saturated carbocycles. The molecule has 1 fully saturated rings. The smallest absolute Gasteiger partial charge is 0.0679 e. The summed E-state index contributed by atoms with van der Waals surface area (Å²) in [5, 5.41) is 16.2. The van der Waals surface area contributed by atoms with Crippen LogP contribution in [0.15, 0.2) is 6.20 Å². The minimum atomic E-state index is -0.132. The molecule has 72 valence electrons. The molecule has 4 heteroatoms. The summed E-state index contributed by atoms with van der Waals surface area (Å²) in [5.41, 5.74) is 2.36. The molecule has 0 bridgehead atoms. The Hall–Kier alpha value is -0.870. The number of rotatable bonds is 2. The van der Waals surface area contributed by atoms with E-state index >= 15 is 0 Å². The van der Waals surface area contributed by atoms with Crippen LogP contribution in [0.4, 0.5) is 0 Å². The highest BCUT2D eigenvalue weighted by atomic mass is 16.3. The summed E-state index contributed by atoms with van der Waals surface area (Å²) < 4.78 is 0. The Labute approximate surface area is 77.6 Å². The van der Waals surface area contributed by atoms with Crippen molar-refractivity contribution in [3.05, 3.63) is 17.5 Å². The van der Waals surface area contributed by atoms with Crippen molar-refractivity contribution in [3.8, 4) is 0 Å². The van der Waals surface area contributed by atoms with Crippen molar-refractivity contribution in [2.75, 3.05) is 13.1 Å². The van der Waals surface area contributed by atoms with Gasteiger partial charge >= 0.3 is 0 Å². The van der Waals surface area contributed by atoms with Gasteiger partial charge in [0.1, 0.15) is 0 Å². The Morgan fingerprint density at radius 3 is 3.15 bits per heavy atom. The number of nitrogens with zero attached hydrogens (tertiary/aromatic N) is 2. The number of nitrogens with one attached hydrogen (secondary N) is 1. The number of aromatic nitrogens is 2. The fourth-order valence-electron chi connectivity index (χ4n) is 1.73. The van der Waals surface area contributed by atoms with E-state index in [0.717, 1.165) is 31.7 Å². The number of aliphatic hydroxyl groups is 1. The molecule has 1 aliphatic heterocycles. The zero-order valence-electron chi connectivity index (χ0n) is 7.82. The molecule has 0 spiro atoms. The van der Waals surface area contributed by atoms with Gasteiger partial charge in [-0.3, -0.25) is 10.00 Å². The zero-order chi connectivity index (χ0) is 9.26. The van der Waals surface area contributed by atoms with Crippen LogP contribution in [-0.2, 0) is 6.54 Å². The molecule has 0 amide bonds. The maximum Gasteiger partial charge on any atom is 0.0679 e. The van der Waals surface area contributed by atoms with Gasteiger partial charge in [0, 0.05) is 30.9 Å². The van der Waals surface area contributed by atoms with Crippen LogP contribution >= 0.6 is 0 Å². The minimum Gasteiger partial charge on any atom is -0.392 e. The molecule has 13 heavy (non-hydrogen) atoms. The molecule has 1 aromatic rings. The topological polar surface area (TPSA) is 52.2 Å². The molecule has 2 heterocycles. The van der Waals surface area contributed by atoms with Gasteiger partial charge < -0.3 is 5.11 Å². The summed E-state index contributed by atoms with van der Waals surface area (Å²) in [6.45, 7) is 4.71. The highest BCUT2D eigenvalue weighted by Gasteiger charge is 2.20. The van der Waals surface area contributed by atoms with Crippen LogP contribution in [0.25, 0.3) is 0 Å². The number of aromatic amines is 1. The molecule has 2 N–H and O–H groups in total. The van der Waals surface area contributed by atoms with Crippen molar-refractivity contribution < 1.29 is 5.11 Å². The fraction of sp³-hybridized carbons (Fsp3) is 0.667. The number of H-pyrrole nitrogens is 1. The van der Waals surface area contributed by atoms with E-state index in [1.54, 1.807) is 0 Å². The molecule has 1 atom stereocenters. The third kappa shape index (κ3) is 1.89. The van der Waals surface area contributed by atoms with Gasteiger partial charge in [0.15, 0.2) is 0 Å². The maximum atomic E-state index is 9.33. The first-order valence-corrected chi connectivity index (χ1v) is 4.65. The second-order valence-corrected chi connectivity index (χ2v) is 3.70. The lowest BCUT2D eigenvalue weighted by atomic mass is 10.2. The second kappa shape index (κ2) is 3.47. The van der Waals surface area contributed by atoms with Crippen molar-refractivity contribution in [1.29, 1.82) is 0 Å². The molecule has 0 unspecified atom stereocenters. The summed E-state index contributed by atoms with van der Waals surface area (Å²) in [5.74, 6) is 0. The molecule has 0 radical (unpaired) electrons. The van der Waals surface area contributed by atoms with Crippen LogP contribution in [0.1, 0.15) is 17.7 Å². The van der Waals surface area contributed by atoms with Gasteiger partial charge in [-0.05, 0) is 13.3 Å². The molecule has 1 aromatic heterocycles. The lowest BCUT2D eigenvalue weighted by Crippen LogP contribution is -2.21. The molecule has 0 aliphatic carbocycles. The number of aliphatic hydroxyl groups excluding tert-OH is 1. The van der Waals surface area contributed by atoms with Crippen LogP contribution in [0, 0.1) is 6.92 Å². The van der Waals surface area contributed by atoms with Gasteiger partial charge in [-0.1, -0.05) is 0 Å². The molecule has 2 rings (SSSR count). The predicted octanol–water partition coefficient (Wildman–Crippen LogP) is 0.285. The quantitative estimate of drug-likeness (QED) is 0.689. The molecule has 0 aromatic carbocycles. The second-order valence-electron chi connectivity index (χ2n) is 3.70. The van der Waals surface area contributed by atoms with Crippen LogP contribution in [0.5, 0.6) is 0 Å². The zero-order valence-corrected chi connectivity index (χ0v) is 7.82. The van der Waals surface area contributed by atoms with Crippen molar-refractivity contribution in [1.82, 2.24) is 15.1 Å². The van der Waals surface area contributed by atoms with Gasteiger partial charge in [-0.2, -0.15) is 5.10 Å². The number of β-amino-alcohol motifs (C(OH)–C–C–N with tert-alkyl or cyclic N) is 1. The van der Waals surface area contributed by atoms with Crippen LogP contribution in [0.3, 0.4) is 0 Å². The molecule has 1 saturated heterocycles. The number of hydrogen-bond acceptors (Lipinski definition) is 3. The highest BCUT2D eigenvalue weighted by molar-refractivity contribution is 5.14. The van der Waals surface area contributed by atoms with Crippen molar-refractivity contribution in [2.45, 2.75) is 26.0 Å². The third-order valence-corrected chi connectivity index (χ3v) is 2.58. The first kappa shape index (κ1) is 8.72. The number of aryl methyl sites for hydroxylation is 1. The van der Waals surface area contributed by atoms with Crippen molar-refractivity contribution in [2.24, 2.45) is 0 Å². The average Bonchev–Trinajstić information content (AvgIpc) is 2.64. The fourth-order valence-corrected chi connectivity index (χ4v) is 1.73. The Balaban J connectivity index is 1.95. The predicted molar refractivity (Wildman–Crippen MR) is 49.2 cm³/mol. The normalized spacial score (nSPS) is 24.0. The van der Waals surface area contributed by atoms with Gasteiger partial charge in [0.2, 0.25) is 0 Å². The SMILES string of the molecule is Cc1[nH]ncc1CN1CC[C@H](O)C1. The summed E-state index contributed by atoms with van der Waals surface area (Å²) in [4.78, 5) is 2.25. The Morgan fingerprint density at radius 2 is 2.62 bits per heavy atom. The average molecular weight is 181 g/mol. The van der Waals surface area contributed by atoms with E-state index in [1.807, 2.05) is 13.1 Å². The first-order valence-electron chi connectivity index (χ1n) is 4.65. The molecule has 4 nitrogen and oxygen atoms in total. The van der Waals surface area contributed by atoms with E-state index < -0.39 is 0 Å². The first-order chi connectivity index (χ1) is 6.25. The summed E-state index contributed by atoms with van der Waals surface area (Å²) in [6, 6.07) is 0. The van der Waals surface area contributed by atoms with Crippen LogP contribution in [-0.4, -0.2) is 39.4 Å². The molecular formula is C9H15N3O. The highest BCUT2D eigenvalue weighted by Crippen LogP contribution is 2.13. The maximum absolute atomic E-state index is 9.33. The molecular weight excluding hydrogens is 166 g/mol. The summed E-state index contributed by atoms with van der Waals surface area (Å²) in [6.07, 6.45) is 2.63. The van der Waals surface area contributed by atoms with Crippen molar-refractivity contribution in [3.63, 3.8) is 0 Å². The minimum absolute atomic E-state index is 0.132. The lowest BCUT2D eigenvalue weighted by Gasteiger charge is -2.13. The van der Waals surface area contributed by atoms with E-state index in [0.29, 0.717) is 0 Å². The number of likely N-dealkylation sites (tertiary alicyclic amines) is 1. The summed E-state index contributed by atoms with van der Waals surface area (Å²) >= 11 is 0. The van der Waals surface area contributed by atoms with E-state index in [2.05, 4.69) is 15.1 Å². The van der Waals surface area contributed by atoms with E-state index in [4.69, 9.17) is 0 Å². The Bertz CT molecular complexity index is 284. The summed E-state index contributed by atoms with van der Waals surface area (Å²) in [7, 11) is 0. The third-order valence-electron chi connectivity index (χ3n) is 2.58. The van der Waals surface area contributed by atoms with Crippen LogP contribution < -0.4 is 0 Å². The standard InChI is InChI=1S/C9H15N3O/c1-7-8(4-10-11-7)5-12-3-2-9(13)6-12/h4,9,13H,2-3,5-6H2,1H3,(H,10,11)/t9-/m0/s1. The van der Waals surface area contributed by atoms with E-state index in [9.17, 15) is 5.11 Å². The largest absolute Gasteiger partial charge is 0.392 e.